The number of benzene rings is 3. The number of aliphatic hydroxyl groups is 2. The number of aromatic amines is 1. The minimum Gasteiger partial charge on any atom is -0.480 e. The predicted octanol–water partition coefficient (Wildman–Crippen LogP) is 14.5. The number of methoxy groups -OCH3 is 1. The summed E-state index contributed by atoms with van der Waals surface area (Å²) in [5.74, 6) is 4.11. The standard InChI is InChI=1S/C27H25N5O2.C22H21N5O2.C13H15N3O3.C7H12ClNO.C5H4BrN/c1-16-24(17(2)34-32-16)19-14-20(25-21(15-19)30-26(31-25)18-8-7-9-18)27(33,22-10-3-5-12-28-22)23-11-4-6-13-29-23;1-13-20(14(2)29-27-13)15-11-16(21(24)17(23)12-15)22(28,18-7-3-5-9-25-18)19-8-4-6-10-26-19;1-6-11(7(2)19-16-6)8-4-9(13(17)18-3)12(15)10(14)5-8;1-2-10-7(9-8)6-4-3-5-6;6-5-3-1-2-4-7-5/h3-6,10-15,18,33H,7-9H2,1-2H3,(H,30,31);3-12,28H,23-24H2,1-2H3;4-5H,14-15H2,1-3H3;6H,2-5H2,1H3;1-4H. The van der Waals surface area contributed by atoms with Crippen LogP contribution in [0.4, 0.5) is 22.7 Å². The Labute approximate surface area is 585 Å². The lowest BCUT2D eigenvalue weighted by molar-refractivity contribution is 0.0602. The predicted molar refractivity (Wildman–Crippen MR) is 385 cm³/mol. The molecule has 0 aliphatic heterocycles. The molecule has 2 aliphatic carbocycles. The van der Waals surface area contributed by atoms with Crippen LogP contribution in [-0.4, -0.2) is 86.2 Å². The third-order valence-corrected chi connectivity index (χ3v) is 17.9. The van der Waals surface area contributed by atoms with Gasteiger partial charge in [0.1, 0.15) is 27.7 Å². The number of rotatable bonds is 13. The van der Waals surface area contributed by atoms with Gasteiger partial charge in [-0.05, 0) is 204 Å². The number of H-pyrrole nitrogens is 1. The number of aromatic nitrogens is 10. The summed E-state index contributed by atoms with van der Waals surface area (Å²) in [7, 11) is 1.29. The number of imidazole rings is 1. The van der Waals surface area contributed by atoms with Crippen molar-refractivity contribution in [2.75, 3.05) is 36.7 Å². The zero-order chi connectivity index (χ0) is 70.5. The van der Waals surface area contributed by atoms with Crippen LogP contribution in [0.3, 0.4) is 0 Å². The molecule has 9 aromatic heterocycles. The van der Waals surface area contributed by atoms with E-state index in [9.17, 15) is 15.0 Å². The van der Waals surface area contributed by atoms with Gasteiger partial charge < -0.3 is 61.2 Å². The molecule has 14 rings (SSSR count). The number of halogens is 2. The highest BCUT2D eigenvalue weighted by molar-refractivity contribution is 9.10. The number of nitrogen functional groups attached to an aromatic ring is 4. The van der Waals surface area contributed by atoms with E-state index >= 15 is 0 Å². The highest BCUT2D eigenvalue weighted by Crippen LogP contribution is 2.45. The maximum atomic E-state index is 12.5. The minimum absolute atomic E-state index is 0.211. The first-order chi connectivity index (χ1) is 47.7. The number of fused-ring (bicyclic) bond motifs is 1. The molecule has 0 radical (unpaired) electrons. The van der Waals surface area contributed by atoms with Crippen LogP contribution in [0.1, 0.15) is 136 Å². The molecule has 2 fully saturated rings. The number of hydrogen-bond acceptors (Lipinski definition) is 22. The van der Waals surface area contributed by atoms with Crippen LogP contribution in [0, 0.1) is 47.5 Å². The van der Waals surface area contributed by atoms with Crippen LogP contribution < -0.4 is 22.9 Å². The molecule has 3 aromatic carbocycles. The number of aryl methyl sites for hydroxylation is 6. The lowest BCUT2D eigenvalue weighted by Crippen LogP contribution is -2.32. The molecule has 0 saturated heterocycles. The van der Waals surface area contributed by atoms with Gasteiger partial charge in [0.2, 0.25) is 5.90 Å². The van der Waals surface area contributed by atoms with E-state index < -0.39 is 17.2 Å². The summed E-state index contributed by atoms with van der Waals surface area (Å²) in [6.07, 6.45) is 15.4. The van der Waals surface area contributed by atoms with Crippen molar-refractivity contribution in [2.45, 2.75) is 104 Å². The fourth-order valence-corrected chi connectivity index (χ4v) is 12.3. The third-order valence-electron chi connectivity index (χ3n) is 17.3. The molecule has 0 spiro atoms. The van der Waals surface area contributed by atoms with Gasteiger partial charge in [-0.25, -0.2) is 14.8 Å². The minimum atomic E-state index is -1.70. The number of anilines is 4. The van der Waals surface area contributed by atoms with Crippen LogP contribution in [0.25, 0.3) is 44.4 Å². The highest BCUT2D eigenvalue weighted by Gasteiger charge is 2.42. The summed E-state index contributed by atoms with van der Waals surface area (Å²) in [6.45, 7) is 13.7. The second-order valence-corrected chi connectivity index (χ2v) is 24.7. The molecule has 510 valence electrons. The van der Waals surface area contributed by atoms with Gasteiger partial charge in [-0.3, -0.25) is 19.9 Å². The van der Waals surface area contributed by atoms with Gasteiger partial charge in [-0.1, -0.05) is 58.6 Å². The lowest BCUT2D eigenvalue weighted by Gasteiger charge is -2.30. The summed E-state index contributed by atoms with van der Waals surface area (Å²) < 4.78 is 30.2. The molecule has 99 heavy (non-hydrogen) atoms. The normalized spacial score (nSPS) is 13.0. The summed E-state index contributed by atoms with van der Waals surface area (Å²) in [5, 5.41) is 36.5. The van der Waals surface area contributed by atoms with Crippen LogP contribution in [0.15, 0.2) is 181 Å². The highest BCUT2D eigenvalue weighted by atomic mass is 79.9. The molecule has 11 N–H and O–H groups in total. The van der Waals surface area contributed by atoms with Gasteiger partial charge in [-0.15, -0.1) is 4.51 Å². The maximum Gasteiger partial charge on any atom is 0.340 e. The zero-order valence-electron chi connectivity index (χ0n) is 56.0. The molecule has 0 bridgehead atoms. The van der Waals surface area contributed by atoms with Gasteiger partial charge in [0.25, 0.3) is 0 Å². The van der Waals surface area contributed by atoms with Crippen molar-refractivity contribution < 1.29 is 38.1 Å². The Balaban J connectivity index is 0.000000147. The monoisotopic (exact) mass is 1420 g/mol. The van der Waals surface area contributed by atoms with Crippen molar-refractivity contribution in [3.63, 3.8) is 0 Å². The number of nitrogens with one attached hydrogen (secondary N) is 1. The second-order valence-electron chi connectivity index (χ2n) is 23.7. The SMILES string of the molecule is Brc1ccccn1.CCOC(=NCl)C1CCC1.COC(=O)c1cc(-c2c(C)noc2C)cc(N)c1N.Cc1noc(C)c1-c1cc(C(O)(c2ccccn2)c2ccccn2)c2nc(C3CCC3)[nH]c2c1.Cc1noc(C)c1-c1cc(N)c(N)c(C(O)(c2ccccn2)c2ccccn2)c1. The summed E-state index contributed by atoms with van der Waals surface area (Å²) in [4.78, 5) is 42.0. The summed E-state index contributed by atoms with van der Waals surface area (Å²) in [5.41, 5.74) is 33.8. The molecular formula is C74H77BrClN15O8. The number of nitrogens with two attached hydrogens (primary N) is 4. The molecule has 0 amide bonds. The van der Waals surface area contributed by atoms with Crippen LogP contribution >= 0.6 is 27.7 Å². The molecular weight excluding hydrogens is 1340 g/mol. The van der Waals surface area contributed by atoms with E-state index in [1.54, 1.807) is 98.6 Å². The molecule has 0 unspecified atom stereocenters. The Morgan fingerprint density at radius 3 is 1.37 bits per heavy atom. The smallest absolute Gasteiger partial charge is 0.340 e. The van der Waals surface area contributed by atoms with E-state index in [0.29, 0.717) is 75.2 Å². The van der Waals surface area contributed by atoms with Crippen molar-refractivity contribution in [3.05, 3.63) is 243 Å². The number of pyridine rings is 5. The van der Waals surface area contributed by atoms with Crippen LogP contribution in [-0.2, 0) is 20.7 Å². The first-order valence-electron chi connectivity index (χ1n) is 32.0. The molecule has 25 heteroatoms. The molecule has 23 nitrogen and oxygen atoms in total. The Kier molecular flexibility index (Phi) is 22.8. The first kappa shape index (κ1) is 71.1. The second kappa shape index (κ2) is 31.7. The fraction of sp³-hybridized carbons (Fsp3) is 0.257. The Morgan fingerprint density at radius 1 is 0.596 bits per heavy atom. The quantitative estimate of drug-likeness (QED) is 0.0185. The molecule has 2 saturated carbocycles. The van der Waals surface area contributed by atoms with Crippen molar-refractivity contribution in [3.8, 4) is 33.4 Å². The van der Waals surface area contributed by atoms with Gasteiger partial charge in [0.05, 0.1) is 92.9 Å². The van der Waals surface area contributed by atoms with Gasteiger partial charge in [0.15, 0.2) is 11.2 Å². The topological polar surface area (TPSA) is 364 Å². The molecule has 2 aliphatic rings. The van der Waals surface area contributed by atoms with Gasteiger partial charge >= 0.3 is 5.97 Å². The van der Waals surface area contributed by atoms with Crippen molar-refractivity contribution >= 4 is 73.4 Å². The third kappa shape index (κ3) is 15.4. The van der Waals surface area contributed by atoms with E-state index in [1.807, 2.05) is 102 Å². The van der Waals surface area contributed by atoms with Gasteiger partial charge in [-0.2, -0.15) is 0 Å². The molecule has 0 atom stereocenters. The molecule has 9 heterocycles. The van der Waals surface area contributed by atoms with E-state index in [4.69, 9.17) is 62.7 Å². The van der Waals surface area contributed by atoms with E-state index in [-0.39, 0.29) is 16.9 Å². The van der Waals surface area contributed by atoms with Crippen LogP contribution in [0.2, 0.25) is 0 Å². The number of esters is 1. The summed E-state index contributed by atoms with van der Waals surface area (Å²) in [6, 6.07) is 38.3. The van der Waals surface area contributed by atoms with Crippen LogP contribution in [0.5, 0.6) is 0 Å². The number of hydrogen-bond donors (Lipinski definition) is 7. The molecule has 12 aromatic rings. The fourth-order valence-electron chi connectivity index (χ4n) is 11.8. The number of carbonyl (C=O) groups is 1. The van der Waals surface area contributed by atoms with E-state index in [2.05, 4.69) is 71.9 Å². The lowest BCUT2D eigenvalue weighted by atomic mass is 9.83. The van der Waals surface area contributed by atoms with E-state index in [0.717, 1.165) is 96.4 Å². The van der Waals surface area contributed by atoms with Crippen molar-refractivity contribution in [1.82, 2.24) is 50.4 Å². The van der Waals surface area contributed by atoms with Crippen molar-refractivity contribution in [2.24, 2.45) is 10.4 Å². The Morgan fingerprint density at radius 2 is 1.02 bits per heavy atom. The zero-order valence-corrected chi connectivity index (χ0v) is 58.3. The average Bonchev–Trinajstić information content (AvgIpc) is 1.10. The number of ether oxygens (including phenoxy) is 2. The Hall–Kier alpha value is -10.7. The van der Waals surface area contributed by atoms with E-state index in [1.165, 1.54) is 32.8 Å². The average molecular weight is 1420 g/mol. The first-order valence-corrected chi connectivity index (χ1v) is 33.1. The maximum absolute atomic E-state index is 12.5. The van der Waals surface area contributed by atoms with Crippen molar-refractivity contribution in [1.29, 1.82) is 0 Å². The number of nitrogens with zero attached hydrogens (tertiary/aromatic N) is 10. The largest absolute Gasteiger partial charge is 0.480 e. The number of carbonyl (C=O) groups excluding carboxylic acids is 1. The Bertz CT molecular complexity index is 4600. The summed E-state index contributed by atoms with van der Waals surface area (Å²) >= 11 is 8.52. The van der Waals surface area contributed by atoms with Gasteiger partial charge in [0, 0.05) is 82.4 Å².